The van der Waals surface area contributed by atoms with Crippen molar-refractivity contribution < 1.29 is 4.74 Å². The van der Waals surface area contributed by atoms with Crippen LogP contribution < -0.4 is 4.74 Å². The van der Waals surface area contributed by atoms with Gasteiger partial charge in [-0.2, -0.15) is 0 Å². The summed E-state index contributed by atoms with van der Waals surface area (Å²) in [7, 11) is 4.05. The summed E-state index contributed by atoms with van der Waals surface area (Å²) in [5.74, 6) is 2.37. The summed E-state index contributed by atoms with van der Waals surface area (Å²) in [6, 6.07) is 9.48. The van der Waals surface area contributed by atoms with Gasteiger partial charge in [0.05, 0.1) is 7.11 Å². The summed E-state index contributed by atoms with van der Waals surface area (Å²) in [5.41, 5.74) is 1.48. The second kappa shape index (κ2) is 7.84. The quantitative estimate of drug-likeness (QED) is 0.752. The molecule has 1 heterocycles. The van der Waals surface area contributed by atoms with Gasteiger partial charge >= 0.3 is 0 Å². The summed E-state index contributed by atoms with van der Waals surface area (Å²) in [6.07, 6.45) is 6.60. The van der Waals surface area contributed by atoms with E-state index in [1.54, 1.807) is 7.11 Å². The molecule has 1 aromatic carbocycles. The highest BCUT2D eigenvalue weighted by molar-refractivity contribution is 5.30. The van der Waals surface area contributed by atoms with Gasteiger partial charge < -0.3 is 9.64 Å². The molecule has 0 amide bonds. The van der Waals surface area contributed by atoms with E-state index < -0.39 is 0 Å². The Labute approximate surface area is 130 Å². The van der Waals surface area contributed by atoms with Crippen LogP contribution in [0.5, 0.6) is 5.75 Å². The van der Waals surface area contributed by atoms with Crippen LogP contribution >= 0.6 is 0 Å². The SMILES string of the molecule is CC[C@@H]([C@H](CC)c1ccc(OC)cc1)[C@@H]1CCCCN1C. The highest BCUT2D eigenvalue weighted by atomic mass is 16.5. The molecule has 0 bridgehead atoms. The summed E-state index contributed by atoms with van der Waals surface area (Å²) in [6.45, 7) is 5.96. The summed E-state index contributed by atoms with van der Waals surface area (Å²) < 4.78 is 5.29. The monoisotopic (exact) mass is 289 g/mol. The number of hydrogen-bond donors (Lipinski definition) is 0. The molecular formula is C19H31NO. The Bertz CT molecular complexity index is 414. The lowest BCUT2D eigenvalue weighted by atomic mass is 9.75. The number of piperidine rings is 1. The summed E-state index contributed by atoms with van der Waals surface area (Å²) in [5, 5.41) is 0. The Balaban J connectivity index is 2.19. The van der Waals surface area contributed by atoms with Crippen molar-refractivity contribution in [3.05, 3.63) is 29.8 Å². The van der Waals surface area contributed by atoms with E-state index >= 15 is 0 Å². The number of rotatable bonds is 6. The van der Waals surface area contributed by atoms with Crippen LogP contribution in [0.4, 0.5) is 0 Å². The average molecular weight is 289 g/mol. The van der Waals surface area contributed by atoms with E-state index in [1.165, 1.54) is 44.2 Å². The highest BCUT2D eigenvalue weighted by Crippen LogP contribution is 2.37. The standard InChI is InChI=1S/C19H31NO/c1-5-17(15-10-12-16(21-4)13-11-15)18(6-2)19-9-7-8-14-20(19)3/h10-13,17-19H,5-9,14H2,1-4H3/t17-,18+,19+/m1/s1. The van der Waals surface area contributed by atoms with E-state index in [1.807, 2.05) is 0 Å². The van der Waals surface area contributed by atoms with Gasteiger partial charge in [0.2, 0.25) is 0 Å². The molecule has 1 aliphatic rings. The Hall–Kier alpha value is -1.02. The fraction of sp³-hybridized carbons (Fsp3) is 0.684. The third-order valence-electron chi connectivity index (χ3n) is 5.29. The lowest BCUT2D eigenvalue weighted by Crippen LogP contribution is -2.43. The van der Waals surface area contributed by atoms with Crippen molar-refractivity contribution >= 4 is 0 Å². The van der Waals surface area contributed by atoms with Crippen LogP contribution in [0.2, 0.25) is 0 Å². The first-order chi connectivity index (χ1) is 10.2. The molecule has 0 N–H and O–H groups in total. The number of likely N-dealkylation sites (tertiary alicyclic amines) is 1. The Morgan fingerprint density at radius 2 is 1.86 bits per heavy atom. The Morgan fingerprint density at radius 3 is 2.38 bits per heavy atom. The zero-order valence-corrected chi connectivity index (χ0v) is 14.1. The fourth-order valence-electron chi connectivity index (χ4n) is 4.10. The van der Waals surface area contributed by atoms with E-state index in [0.29, 0.717) is 5.92 Å². The molecule has 3 atom stereocenters. The smallest absolute Gasteiger partial charge is 0.118 e. The normalized spacial score (nSPS) is 22.8. The molecule has 0 aromatic heterocycles. The molecule has 1 aliphatic heterocycles. The molecule has 0 radical (unpaired) electrons. The Kier molecular flexibility index (Phi) is 6.10. The zero-order valence-electron chi connectivity index (χ0n) is 14.1. The van der Waals surface area contributed by atoms with E-state index in [4.69, 9.17) is 4.74 Å². The number of methoxy groups -OCH3 is 1. The maximum absolute atomic E-state index is 5.29. The first kappa shape index (κ1) is 16.4. The molecule has 0 aliphatic carbocycles. The van der Waals surface area contributed by atoms with Crippen LogP contribution in [0, 0.1) is 5.92 Å². The molecule has 21 heavy (non-hydrogen) atoms. The van der Waals surface area contributed by atoms with Gasteiger partial charge in [0.15, 0.2) is 0 Å². The summed E-state index contributed by atoms with van der Waals surface area (Å²) in [4.78, 5) is 2.60. The maximum Gasteiger partial charge on any atom is 0.118 e. The van der Waals surface area contributed by atoms with Crippen molar-refractivity contribution in [2.24, 2.45) is 5.92 Å². The number of benzene rings is 1. The van der Waals surface area contributed by atoms with E-state index in [2.05, 4.69) is 50.1 Å². The minimum Gasteiger partial charge on any atom is -0.497 e. The number of nitrogens with zero attached hydrogens (tertiary/aromatic N) is 1. The summed E-state index contributed by atoms with van der Waals surface area (Å²) >= 11 is 0. The topological polar surface area (TPSA) is 12.5 Å². The molecule has 0 unspecified atom stereocenters. The van der Waals surface area contributed by atoms with Crippen LogP contribution in [0.1, 0.15) is 57.4 Å². The van der Waals surface area contributed by atoms with Crippen molar-refractivity contribution in [2.75, 3.05) is 20.7 Å². The molecule has 0 saturated carbocycles. The highest BCUT2D eigenvalue weighted by Gasteiger charge is 2.32. The molecule has 1 saturated heterocycles. The predicted molar refractivity (Wildman–Crippen MR) is 90.1 cm³/mol. The second-order valence-electron chi connectivity index (χ2n) is 6.40. The lowest BCUT2D eigenvalue weighted by Gasteiger charge is -2.41. The van der Waals surface area contributed by atoms with Crippen LogP contribution in [-0.4, -0.2) is 31.6 Å². The Morgan fingerprint density at radius 1 is 1.14 bits per heavy atom. The molecule has 1 aromatic rings. The van der Waals surface area contributed by atoms with Crippen molar-refractivity contribution in [1.29, 1.82) is 0 Å². The number of ether oxygens (including phenoxy) is 1. The number of hydrogen-bond acceptors (Lipinski definition) is 2. The largest absolute Gasteiger partial charge is 0.497 e. The van der Waals surface area contributed by atoms with Gasteiger partial charge in [0, 0.05) is 6.04 Å². The van der Waals surface area contributed by atoms with Gasteiger partial charge in [-0.15, -0.1) is 0 Å². The van der Waals surface area contributed by atoms with Gasteiger partial charge in [-0.25, -0.2) is 0 Å². The third-order valence-corrected chi connectivity index (χ3v) is 5.29. The van der Waals surface area contributed by atoms with E-state index in [-0.39, 0.29) is 0 Å². The first-order valence-electron chi connectivity index (χ1n) is 8.55. The maximum atomic E-state index is 5.29. The second-order valence-corrected chi connectivity index (χ2v) is 6.40. The van der Waals surface area contributed by atoms with Gasteiger partial charge in [-0.3, -0.25) is 0 Å². The van der Waals surface area contributed by atoms with Crippen molar-refractivity contribution in [3.8, 4) is 5.75 Å². The first-order valence-corrected chi connectivity index (χ1v) is 8.55. The molecule has 0 spiro atoms. The van der Waals surface area contributed by atoms with Crippen molar-refractivity contribution in [2.45, 2.75) is 57.9 Å². The van der Waals surface area contributed by atoms with Crippen LogP contribution in [0.15, 0.2) is 24.3 Å². The lowest BCUT2D eigenvalue weighted by molar-refractivity contribution is 0.109. The van der Waals surface area contributed by atoms with Gasteiger partial charge in [-0.05, 0) is 62.4 Å². The molecule has 2 nitrogen and oxygen atoms in total. The van der Waals surface area contributed by atoms with E-state index in [9.17, 15) is 0 Å². The molecule has 2 heteroatoms. The van der Waals surface area contributed by atoms with Gasteiger partial charge in [0.1, 0.15) is 5.75 Å². The zero-order chi connectivity index (χ0) is 15.2. The van der Waals surface area contributed by atoms with Gasteiger partial charge in [-0.1, -0.05) is 38.8 Å². The average Bonchev–Trinajstić information content (AvgIpc) is 2.54. The van der Waals surface area contributed by atoms with Crippen LogP contribution in [0.3, 0.4) is 0 Å². The molecule has 1 fully saturated rings. The molecular weight excluding hydrogens is 258 g/mol. The van der Waals surface area contributed by atoms with Crippen molar-refractivity contribution in [3.63, 3.8) is 0 Å². The minimum absolute atomic E-state index is 0.659. The fourth-order valence-corrected chi connectivity index (χ4v) is 4.10. The van der Waals surface area contributed by atoms with E-state index in [0.717, 1.165) is 17.7 Å². The van der Waals surface area contributed by atoms with Gasteiger partial charge in [0.25, 0.3) is 0 Å². The van der Waals surface area contributed by atoms with Crippen molar-refractivity contribution in [1.82, 2.24) is 4.90 Å². The van der Waals surface area contributed by atoms with Crippen LogP contribution in [0.25, 0.3) is 0 Å². The van der Waals surface area contributed by atoms with Crippen LogP contribution in [-0.2, 0) is 0 Å². The minimum atomic E-state index is 0.659. The molecule has 2 rings (SSSR count). The third kappa shape index (κ3) is 3.79. The molecule has 118 valence electrons. The predicted octanol–water partition coefficient (Wildman–Crippen LogP) is 4.70.